The van der Waals surface area contributed by atoms with Gasteiger partial charge in [0.05, 0.1) is 10.3 Å². The van der Waals surface area contributed by atoms with Crippen LogP contribution in [-0.2, 0) is 14.8 Å². The van der Waals surface area contributed by atoms with Crippen LogP contribution in [0.3, 0.4) is 0 Å². The highest BCUT2D eigenvalue weighted by Crippen LogP contribution is 2.34. The number of rotatable bonds is 3. The fraction of sp³-hybridized carbons (Fsp3) is 0.462. The lowest BCUT2D eigenvalue weighted by atomic mass is 9.83. The standard InChI is InChI=1S/C13H16BrNO4S/c1-13(12(16)17)7-4-8-15(9-13)20(18,19)11-6-3-2-5-10(11)14/h2-3,5-6H,4,7-9H2,1H3,(H,16,17). The van der Waals surface area contributed by atoms with Crippen LogP contribution in [0.25, 0.3) is 0 Å². The molecule has 1 atom stereocenters. The normalized spacial score (nSPS) is 24.5. The lowest BCUT2D eigenvalue weighted by Crippen LogP contribution is -2.48. The van der Waals surface area contributed by atoms with E-state index >= 15 is 0 Å². The van der Waals surface area contributed by atoms with Gasteiger partial charge in [-0.2, -0.15) is 4.31 Å². The quantitative estimate of drug-likeness (QED) is 0.896. The largest absolute Gasteiger partial charge is 0.481 e. The first-order valence-electron chi connectivity index (χ1n) is 6.25. The van der Waals surface area contributed by atoms with Crippen LogP contribution in [0.4, 0.5) is 0 Å². The van der Waals surface area contributed by atoms with Crippen molar-refractivity contribution >= 4 is 31.9 Å². The predicted octanol–water partition coefficient (Wildman–Crippen LogP) is 2.32. The number of carboxylic acids is 1. The summed E-state index contributed by atoms with van der Waals surface area (Å²) in [4.78, 5) is 11.5. The number of nitrogens with zero attached hydrogens (tertiary/aromatic N) is 1. The molecule has 110 valence electrons. The molecule has 0 amide bonds. The van der Waals surface area contributed by atoms with Crippen LogP contribution in [0.5, 0.6) is 0 Å². The summed E-state index contributed by atoms with van der Waals surface area (Å²) in [7, 11) is -3.67. The van der Waals surface area contributed by atoms with E-state index in [9.17, 15) is 18.3 Å². The maximum Gasteiger partial charge on any atom is 0.310 e. The molecule has 0 radical (unpaired) electrons. The third-order valence-corrected chi connectivity index (χ3v) is 6.49. The Hall–Kier alpha value is -0.920. The molecule has 5 nitrogen and oxygen atoms in total. The second kappa shape index (κ2) is 5.46. The molecule has 20 heavy (non-hydrogen) atoms. The maximum atomic E-state index is 12.6. The van der Waals surface area contributed by atoms with Crippen LogP contribution in [0, 0.1) is 5.41 Å². The fourth-order valence-electron chi connectivity index (χ4n) is 2.37. The van der Waals surface area contributed by atoms with Gasteiger partial charge in [-0.3, -0.25) is 4.79 Å². The molecular weight excluding hydrogens is 346 g/mol. The van der Waals surface area contributed by atoms with E-state index < -0.39 is 21.4 Å². The first-order chi connectivity index (χ1) is 9.27. The third-order valence-electron chi connectivity index (χ3n) is 3.63. The molecule has 0 aromatic heterocycles. The lowest BCUT2D eigenvalue weighted by molar-refractivity contribution is -0.150. The van der Waals surface area contributed by atoms with Crippen molar-refractivity contribution in [1.82, 2.24) is 4.31 Å². The summed E-state index contributed by atoms with van der Waals surface area (Å²) in [6.45, 7) is 1.95. The van der Waals surface area contributed by atoms with Gasteiger partial charge in [0.1, 0.15) is 0 Å². The second-order valence-corrected chi connectivity index (χ2v) is 8.00. The second-order valence-electron chi connectivity index (χ2n) is 5.24. The van der Waals surface area contributed by atoms with Gasteiger partial charge in [0, 0.05) is 17.6 Å². The molecule has 7 heteroatoms. The average molecular weight is 362 g/mol. The van der Waals surface area contributed by atoms with E-state index in [4.69, 9.17) is 0 Å². The van der Waals surface area contributed by atoms with Gasteiger partial charge in [0.2, 0.25) is 10.0 Å². The van der Waals surface area contributed by atoms with Gasteiger partial charge in [-0.15, -0.1) is 0 Å². The zero-order valence-corrected chi connectivity index (χ0v) is 13.4. The Morgan fingerprint density at radius 2 is 2.05 bits per heavy atom. The van der Waals surface area contributed by atoms with Crippen LogP contribution in [0.1, 0.15) is 19.8 Å². The molecule has 1 aromatic carbocycles. The maximum absolute atomic E-state index is 12.6. The van der Waals surface area contributed by atoms with E-state index in [0.29, 0.717) is 23.9 Å². The predicted molar refractivity (Wildman–Crippen MR) is 77.9 cm³/mol. The Balaban J connectivity index is 2.36. The molecule has 1 N–H and O–H groups in total. The molecule has 0 saturated carbocycles. The molecular formula is C13H16BrNO4S. The van der Waals surface area contributed by atoms with E-state index in [2.05, 4.69) is 15.9 Å². The molecule has 2 rings (SSSR count). The van der Waals surface area contributed by atoms with Gasteiger partial charge < -0.3 is 5.11 Å². The smallest absolute Gasteiger partial charge is 0.310 e. The van der Waals surface area contributed by atoms with E-state index in [-0.39, 0.29) is 11.4 Å². The summed E-state index contributed by atoms with van der Waals surface area (Å²) in [5.74, 6) is -0.954. The molecule has 0 aliphatic carbocycles. The highest BCUT2D eigenvalue weighted by Gasteiger charge is 2.42. The summed E-state index contributed by atoms with van der Waals surface area (Å²) in [5, 5.41) is 9.28. The van der Waals surface area contributed by atoms with Gasteiger partial charge >= 0.3 is 5.97 Å². The van der Waals surface area contributed by atoms with Gasteiger partial charge in [0.25, 0.3) is 0 Å². The summed E-state index contributed by atoms with van der Waals surface area (Å²) in [6.07, 6.45) is 1.04. The van der Waals surface area contributed by atoms with Crippen LogP contribution >= 0.6 is 15.9 Å². The fourth-order valence-corrected chi connectivity index (χ4v) is 4.93. The Morgan fingerprint density at radius 3 is 2.65 bits per heavy atom. The Kier molecular flexibility index (Phi) is 4.22. The highest BCUT2D eigenvalue weighted by molar-refractivity contribution is 9.10. The van der Waals surface area contributed by atoms with Crippen LogP contribution in [0.2, 0.25) is 0 Å². The number of sulfonamides is 1. The number of benzene rings is 1. The Bertz CT molecular complexity index is 631. The molecule has 1 unspecified atom stereocenters. The molecule has 1 heterocycles. The molecule has 1 aromatic rings. The Morgan fingerprint density at radius 1 is 1.40 bits per heavy atom. The molecule has 1 aliphatic heterocycles. The van der Waals surface area contributed by atoms with Crippen molar-refractivity contribution < 1.29 is 18.3 Å². The SMILES string of the molecule is CC1(C(=O)O)CCCN(S(=O)(=O)c2ccccc2Br)C1. The minimum absolute atomic E-state index is 0.00595. The highest BCUT2D eigenvalue weighted by atomic mass is 79.9. The Labute approximate surface area is 126 Å². The minimum atomic E-state index is -3.67. The number of aliphatic carboxylic acids is 1. The molecule has 1 fully saturated rings. The summed E-state index contributed by atoms with van der Waals surface area (Å²) in [6, 6.07) is 6.57. The molecule has 1 aliphatic rings. The van der Waals surface area contributed by atoms with Gasteiger partial charge in [-0.1, -0.05) is 12.1 Å². The summed E-state index contributed by atoms with van der Waals surface area (Å²) >= 11 is 3.23. The van der Waals surface area contributed by atoms with Crippen molar-refractivity contribution in [3.8, 4) is 0 Å². The van der Waals surface area contributed by atoms with E-state index in [1.54, 1.807) is 25.1 Å². The first kappa shape index (κ1) is 15.5. The first-order valence-corrected chi connectivity index (χ1v) is 8.49. The monoisotopic (exact) mass is 361 g/mol. The van der Waals surface area contributed by atoms with Gasteiger partial charge in [-0.25, -0.2) is 8.42 Å². The molecule has 1 saturated heterocycles. The van der Waals surface area contributed by atoms with Crippen molar-refractivity contribution in [2.24, 2.45) is 5.41 Å². The van der Waals surface area contributed by atoms with Crippen molar-refractivity contribution in [3.05, 3.63) is 28.7 Å². The van der Waals surface area contributed by atoms with Crippen LogP contribution in [0.15, 0.2) is 33.6 Å². The number of piperidine rings is 1. The topological polar surface area (TPSA) is 74.7 Å². The van der Waals surface area contributed by atoms with E-state index in [1.807, 2.05) is 0 Å². The zero-order valence-electron chi connectivity index (χ0n) is 11.0. The third kappa shape index (κ3) is 2.75. The van der Waals surface area contributed by atoms with Crippen molar-refractivity contribution in [2.45, 2.75) is 24.7 Å². The van der Waals surface area contributed by atoms with Crippen molar-refractivity contribution in [2.75, 3.05) is 13.1 Å². The number of carbonyl (C=O) groups is 1. The van der Waals surface area contributed by atoms with Gasteiger partial charge in [0.15, 0.2) is 0 Å². The van der Waals surface area contributed by atoms with E-state index in [1.165, 1.54) is 10.4 Å². The van der Waals surface area contributed by atoms with Crippen LogP contribution in [-0.4, -0.2) is 36.9 Å². The number of carboxylic acid groups (broad SMARTS) is 1. The summed E-state index contributed by atoms with van der Waals surface area (Å²) in [5.41, 5.74) is -1.02. The minimum Gasteiger partial charge on any atom is -0.481 e. The lowest BCUT2D eigenvalue weighted by Gasteiger charge is -2.36. The van der Waals surface area contributed by atoms with Crippen molar-refractivity contribution in [1.29, 1.82) is 0 Å². The zero-order chi connectivity index (χ0) is 15.0. The van der Waals surface area contributed by atoms with E-state index in [0.717, 1.165) is 0 Å². The molecule has 0 spiro atoms. The number of hydrogen-bond donors (Lipinski definition) is 1. The summed E-state index contributed by atoms with van der Waals surface area (Å²) < 4.78 is 27.0. The number of halogens is 1. The van der Waals surface area contributed by atoms with Gasteiger partial charge in [-0.05, 0) is 47.8 Å². The van der Waals surface area contributed by atoms with Crippen LogP contribution < -0.4 is 0 Å². The number of hydrogen-bond acceptors (Lipinski definition) is 3. The van der Waals surface area contributed by atoms with Crippen molar-refractivity contribution in [3.63, 3.8) is 0 Å². The molecule has 0 bridgehead atoms. The average Bonchev–Trinajstić information content (AvgIpc) is 2.39.